The molecule has 0 aliphatic heterocycles. The quantitative estimate of drug-likeness (QED) is 0.839. The number of rotatable bonds is 5. The Morgan fingerprint density at radius 3 is 2.71 bits per heavy atom. The fourth-order valence-electron chi connectivity index (χ4n) is 1.80. The zero-order valence-electron chi connectivity index (χ0n) is 11.0. The van der Waals surface area contributed by atoms with Gasteiger partial charge in [-0.1, -0.05) is 12.1 Å². The van der Waals surface area contributed by atoms with Gasteiger partial charge in [0.1, 0.15) is 23.1 Å². The van der Waals surface area contributed by atoms with Crippen LogP contribution in [0.3, 0.4) is 0 Å². The highest BCUT2D eigenvalue weighted by Crippen LogP contribution is 2.27. The highest BCUT2D eigenvalue weighted by atomic mass is 79.9. The second kappa shape index (κ2) is 6.27. The molecule has 0 amide bonds. The Bertz CT molecular complexity index is 744. The molecular formula is C13H13BrFNO4S. The van der Waals surface area contributed by atoms with Gasteiger partial charge < -0.3 is 9.52 Å². The summed E-state index contributed by atoms with van der Waals surface area (Å²) in [5.41, 5.74) is 0.501. The molecule has 1 heterocycles. The van der Waals surface area contributed by atoms with Gasteiger partial charge in [-0.25, -0.2) is 17.5 Å². The summed E-state index contributed by atoms with van der Waals surface area (Å²) in [5, 5.41) is 8.96. The van der Waals surface area contributed by atoms with Gasteiger partial charge in [-0.3, -0.25) is 0 Å². The van der Waals surface area contributed by atoms with Crippen LogP contribution in [0.4, 0.5) is 4.39 Å². The Kier molecular flexibility index (Phi) is 4.82. The Morgan fingerprint density at radius 2 is 2.14 bits per heavy atom. The van der Waals surface area contributed by atoms with Crippen LogP contribution in [0.25, 0.3) is 0 Å². The molecular weight excluding hydrogens is 365 g/mol. The standard InChI is InChI=1S/C13H13BrFNO4S/c1-8(9-3-2-4-10(15)5-9)16-21(18,19)12-6-11(7-17)20-13(12)14/h2-6,8,16-17H,7H2,1H3. The number of benzene rings is 1. The molecule has 0 aliphatic rings. The smallest absolute Gasteiger partial charge is 0.245 e. The van der Waals surface area contributed by atoms with Crippen LogP contribution in [-0.2, 0) is 16.6 Å². The van der Waals surface area contributed by atoms with E-state index < -0.39 is 28.5 Å². The summed E-state index contributed by atoms with van der Waals surface area (Å²) in [4.78, 5) is -0.116. The van der Waals surface area contributed by atoms with E-state index in [4.69, 9.17) is 9.52 Å². The van der Waals surface area contributed by atoms with Crippen molar-refractivity contribution in [2.45, 2.75) is 24.5 Å². The highest BCUT2D eigenvalue weighted by Gasteiger charge is 2.24. The van der Waals surface area contributed by atoms with Gasteiger partial charge in [-0.2, -0.15) is 0 Å². The van der Waals surface area contributed by atoms with Crippen LogP contribution in [0.5, 0.6) is 0 Å². The lowest BCUT2D eigenvalue weighted by Gasteiger charge is -2.14. The maximum atomic E-state index is 13.2. The predicted octanol–water partition coefficient (Wildman–Crippen LogP) is 2.71. The molecule has 0 spiro atoms. The van der Waals surface area contributed by atoms with Crippen LogP contribution in [0.15, 0.2) is 44.3 Å². The average Bonchev–Trinajstić information content (AvgIpc) is 2.80. The van der Waals surface area contributed by atoms with Crippen molar-refractivity contribution in [3.05, 3.63) is 52.1 Å². The monoisotopic (exact) mass is 377 g/mol. The average molecular weight is 378 g/mol. The SMILES string of the molecule is CC(NS(=O)(=O)c1cc(CO)oc1Br)c1cccc(F)c1. The second-order valence-electron chi connectivity index (χ2n) is 4.41. The second-order valence-corrected chi connectivity index (χ2v) is 6.81. The van der Waals surface area contributed by atoms with Crippen LogP contribution < -0.4 is 4.72 Å². The number of nitrogens with one attached hydrogen (secondary N) is 1. The van der Waals surface area contributed by atoms with Gasteiger partial charge in [0.2, 0.25) is 10.0 Å². The molecule has 8 heteroatoms. The van der Waals surface area contributed by atoms with Crippen molar-refractivity contribution in [2.75, 3.05) is 0 Å². The van der Waals surface area contributed by atoms with E-state index in [2.05, 4.69) is 20.7 Å². The fraction of sp³-hybridized carbons (Fsp3) is 0.231. The maximum absolute atomic E-state index is 13.2. The van der Waals surface area contributed by atoms with E-state index >= 15 is 0 Å². The Hall–Kier alpha value is -1.22. The van der Waals surface area contributed by atoms with Crippen molar-refractivity contribution in [1.82, 2.24) is 4.72 Å². The van der Waals surface area contributed by atoms with Crippen LogP contribution in [0.2, 0.25) is 0 Å². The lowest BCUT2D eigenvalue weighted by molar-refractivity contribution is 0.245. The Balaban J connectivity index is 2.26. The largest absolute Gasteiger partial charge is 0.450 e. The first-order valence-corrected chi connectivity index (χ1v) is 8.28. The number of aliphatic hydroxyl groups is 1. The fourth-order valence-corrected chi connectivity index (χ4v) is 4.03. The van der Waals surface area contributed by atoms with Crippen molar-refractivity contribution in [1.29, 1.82) is 0 Å². The van der Waals surface area contributed by atoms with Gasteiger partial charge in [0.05, 0.1) is 0 Å². The molecule has 0 saturated heterocycles. The summed E-state index contributed by atoms with van der Waals surface area (Å²) in [6.45, 7) is 1.20. The number of halogens is 2. The first-order chi connectivity index (χ1) is 9.83. The van der Waals surface area contributed by atoms with Crippen LogP contribution in [0.1, 0.15) is 24.3 Å². The normalized spacial score (nSPS) is 13.3. The van der Waals surface area contributed by atoms with Gasteiger partial charge in [0.15, 0.2) is 4.67 Å². The summed E-state index contributed by atoms with van der Waals surface area (Å²) in [7, 11) is -3.86. The van der Waals surface area contributed by atoms with E-state index in [0.29, 0.717) is 5.56 Å². The number of hydrogen-bond acceptors (Lipinski definition) is 4. The summed E-state index contributed by atoms with van der Waals surface area (Å²) < 4.78 is 45.2. The molecule has 1 unspecified atom stereocenters. The topological polar surface area (TPSA) is 79.5 Å². The summed E-state index contributed by atoms with van der Waals surface area (Å²) in [6.07, 6.45) is 0. The lowest BCUT2D eigenvalue weighted by atomic mass is 10.1. The van der Waals surface area contributed by atoms with Crippen molar-refractivity contribution in [2.24, 2.45) is 0 Å². The predicted molar refractivity (Wildman–Crippen MR) is 77.5 cm³/mol. The van der Waals surface area contributed by atoms with Gasteiger partial charge >= 0.3 is 0 Å². The number of sulfonamides is 1. The molecule has 0 fully saturated rings. The minimum Gasteiger partial charge on any atom is -0.450 e. The summed E-state index contributed by atoms with van der Waals surface area (Å²) in [6, 6.07) is 6.28. The molecule has 21 heavy (non-hydrogen) atoms. The molecule has 1 aromatic carbocycles. The Labute approximate surface area is 130 Å². The summed E-state index contributed by atoms with van der Waals surface area (Å²) in [5.74, 6) is -0.314. The maximum Gasteiger partial charge on any atom is 0.245 e. The first-order valence-electron chi connectivity index (χ1n) is 6.00. The van der Waals surface area contributed by atoms with Crippen molar-refractivity contribution < 1.29 is 22.3 Å². The third-order valence-electron chi connectivity index (χ3n) is 2.83. The number of aliphatic hydroxyl groups excluding tert-OH is 1. The number of hydrogen-bond donors (Lipinski definition) is 2. The van der Waals surface area contributed by atoms with Crippen molar-refractivity contribution in [3.8, 4) is 0 Å². The minimum absolute atomic E-state index is 0.00509. The van der Waals surface area contributed by atoms with Gasteiger partial charge in [-0.15, -0.1) is 0 Å². The van der Waals surface area contributed by atoms with Gasteiger partial charge in [-0.05, 0) is 40.5 Å². The van der Waals surface area contributed by atoms with Crippen molar-refractivity contribution in [3.63, 3.8) is 0 Å². The van der Waals surface area contributed by atoms with Gasteiger partial charge in [0, 0.05) is 12.1 Å². The molecule has 0 radical (unpaired) electrons. The third-order valence-corrected chi connectivity index (χ3v) is 5.23. The zero-order valence-corrected chi connectivity index (χ0v) is 13.4. The van der Waals surface area contributed by atoms with E-state index in [-0.39, 0.29) is 15.3 Å². The van der Waals surface area contributed by atoms with Crippen LogP contribution >= 0.6 is 15.9 Å². The molecule has 5 nitrogen and oxygen atoms in total. The Morgan fingerprint density at radius 1 is 1.43 bits per heavy atom. The molecule has 1 aromatic heterocycles. The van der Waals surface area contributed by atoms with E-state index in [1.54, 1.807) is 13.0 Å². The van der Waals surface area contributed by atoms with E-state index in [9.17, 15) is 12.8 Å². The van der Waals surface area contributed by atoms with E-state index in [0.717, 1.165) is 0 Å². The van der Waals surface area contributed by atoms with E-state index in [1.807, 2.05) is 0 Å². The highest BCUT2D eigenvalue weighted by molar-refractivity contribution is 9.10. The molecule has 1 atom stereocenters. The van der Waals surface area contributed by atoms with Gasteiger partial charge in [0.25, 0.3) is 0 Å². The van der Waals surface area contributed by atoms with Crippen LogP contribution in [0, 0.1) is 5.82 Å². The van der Waals surface area contributed by atoms with Crippen LogP contribution in [-0.4, -0.2) is 13.5 Å². The molecule has 0 aliphatic carbocycles. The molecule has 0 bridgehead atoms. The minimum atomic E-state index is -3.86. The molecule has 114 valence electrons. The number of furan rings is 1. The summed E-state index contributed by atoms with van der Waals surface area (Å²) >= 11 is 2.99. The first kappa shape index (κ1) is 16.2. The third kappa shape index (κ3) is 3.70. The van der Waals surface area contributed by atoms with E-state index in [1.165, 1.54) is 24.3 Å². The van der Waals surface area contributed by atoms with Crippen molar-refractivity contribution >= 4 is 26.0 Å². The molecule has 2 rings (SSSR count). The molecule has 0 saturated carbocycles. The molecule has 2 N–H and O–H groups in total. The lowest BCUT2D eigenvalue weighted by Crippen LogP contribution is -2.26. The zero-order chi connectivity index (χ0) is 15.6. The molecule has 2 aromatic rings.